The first-order valence-corrected chi connectivity index (χ1v) is 7.37. The zero-order valence-corrected chi connectivity index (χ0v) is 11.5. The first kappa shape index (κ1) is 13.2. The Morgan fingerprint density at radius 3 is 3.00 bits per heavy atom. The van der Waals surface area contributed by atoms with E-state index in [1.165, 1.54) is 0 Å². The van der Waals surface area contributed by atoms with Crippen molar-refractivity contribution >= 4 is 16.9 Å². The number of nitrogens with zero attached hydrogens (tertiary/aromatic N) is 1. The standard InChI is InChI=1S/C12H22N2O2S/c1-3-16-10(2)8-13-11-14-12(9-17-11)4-6-15-7-5-12/h10H,3-9H2,1-2H3,(H,13,14). The highest BCUT2D eigenvalue weighted by Gasteiger charge is 2.38. The van der Waals surface area contributed by atoms with Crippen molar-refractivity contribution in [2.24, 2.45) is 4.99 Å². The first-order valence-electron chi connectivity index (χ1n) is 6.39. The molecule has 2 aliphatic rings. The van der Waals surface area contributed by atoms with Crippen LogP contribution in [0.3, 0.4) is 0 Å². The van der Waals surface area contributed by atoms with Gasteiger partial charge < -0.3 is 14.8 Å². The van der Waals surface area contributed by atoms with Crippen molar-refractivity contribution in [2.45, 2.75) is 38.3 Å². The SMILES string of the molecule is CCOC(C)CN=C1NC2(CCOCC2)CS1. The lowest BCUT2D eigenvalue weighted by Crippen LogP contribution is -2.48. The lowest BCUT2D eigenvalue weighted by atomic mass is 9.93. The van der Waals surface area contributed by atoms with Crippen LogP contribution in [-0.2, 0) is 9.47 Å². The van der Waals surface area contributed by atoms with Gasteiger partial charge >= 0.3 is 0 Å². The summed E-state index contributed by atoms with van der Waals surface area (Å²) in [6.45, 7) is 7.33. The third-order valence-corrected chi connectivity index (χ3v) is 4.45. The molecule has 4 nitrogen and oxygen atoms in total. The molecule has 0 aromatic carbocycles. The second kappa shape index (κ2) is 6.07. The summed E-state index contributed by atoms with van der Waals surface area (Å²) >= 11 is 1.84. The predicted octanol–water partition coefficient (Wildman–Crippen LogP) is 1.65. The van der Waals surface area contributed by atoms with E-state index >= 15 is 0 Å². The fraction of sp³-hybridized carbons (Fsp3) is 0.917. The van der Waals surface area contributed by atoms with Crippen LogP contribution in [0.25, 0.3) is 0 Å². The molecule has 0 amide bonds. The van der Waals surface area contributed by atoms with Gasteiger partial charge in [-0.3, -0.25) is 4.99 Å². The molecule has 0 aliphatic carbocycles. The monoisotopic (exact) mass is 258 g/mol. The van der Waals surface area contributed by atoms with Crippen molar-refractivity contribution in [3.63, 3.8) is 0 Å². The summed E-state index contributed by atoms with van der Waals surface area (Å²) in [6, 6.07) is 0. The highest BCUT2D eigenvalue weighted by molar-refractivity contribution is 8.14. The van der Waals surface area contributed by atoms with E-state index in [0.29, 0.717) is 0 Å². The summed E-state index contributed by atoms with van der Waals surface area (Å²) in [5.41, 5.74) is 0.247. The Morgan fingerprint density at radius 2 is 2.29 bits per heavy atom. The molecule has 1 spiro atoms. The molecule has 5 heteroatoms. The van der Waals surface area contributed by atoms with E-state index in [4.69, 9.17) is 9.47 Å². The Kier molecular flexibility index (Phi) is 4.70. The van der Waals surface area contributed by atoms with Gasteiger partial charge in [-0.25, -0.2) is 0 Å². The Hall–Kier alpha value is -0.260. The highest BCUT2D eigenvalue weighted by atomic mass is 32.2. The fourth-order valence-corrected chi connectivity index (χ4v) is 3.40. The van der Waals surface area contributed by atoms with Gasteiger partial charge in [0, 0.05) is 25.6 Å². The van der Waals surface area contributed by atoms with Crippen LogP contribution in [0.5, 0.6) is 0 Å². The Morgan fingerprint density at radius 1 is 1.53 bits per heavy atom. The minimum atomic E-state index is 0.209. The number of hydrogen-bond acceptors (Lipinski definition) is 4. The van der Waals surface area contributed by atoms with E-state index in [0.717, 1.165) is 50.1 Å². The number of ether oxygens (including phenoxy) is 2. The van der Waals surface area contributed by atoms with Gasteiger partial charge in [0.15, 0.2) is 5.17 Å². The smallest absolute Gasteiger partial charge is 0.157 e. The topological polar surface area (TPSA) is 42.8 Å². The van der Waals surface area contributed by atoms with Crippen molar-refractivity contribution in [3.05, 3.63) is 0 Å². The number of hydrogen-bond donors (Lipinski definition) is 1. The van der Waals surface area contributed by atoms with Gasteiger partial charge in [0.1, 0.15) is 0 Å². The van der Waals surface area contributed by atoms with E-state index in [2.05, 4.69) is 17.2 Å². The Bertz CT molecular complexity index is 278. The normalized spacial score (nSPS) is 27.3. The van der Waals surface area contributed by atoms with Crippen LogP contribution < -0.4 is 5.32 Å². The summed E-state index contributed by atoms with van der Waals surface area (Å²) < 4.78 is 10.9. The lowest BCUT2D eigenvalue weighted by molar-refractivity contribution is 0.0554. The van der Waals surface area contributed by atoms with E-state index in [9.17, 15) is 0 Å². The summed E-state index contributed by atoms with van der Waals surface area (Å²) in [6.07, 6.45) is 2.40. The second-order valence-electron chi connectivity index (χ2n) is 4.72. The van der Waals surface area contributed by atoms with Gasteiger partial charge in [-0.15, -0.1) is 0 Å². The predicted molar refractivity (Wildman–Crippen MR) is 71.8 cm³/mol. The van der Waals surface area contributed by atoms with E-state index in [1.54, 1.807) is 0 Å². The Labute approximate surface area is 108 Å². The van der Waals surface area contributed by atoms with Crippen molar-refractivity contribution in [2.75, 3.05) is 32.1 Å². The van der Waals surface area contributed by atoms with Gasteiger partial charge in [-0.05, 0) is 26.7 Å². The van der Waals surface area contributed by atoms with Crippen LogP contribution >= 0.6 is 11.8 Å². The van der Waals surface area contributed by atoms with Crippen LogP contribution in [0, 0.1) is 0 Å². The van der Waals surface area contributed by atoms with Gasteiger partial charge in [-0.1, -0.05) is 11.8 Å². The molecular weight excluding hydrogens is 236 g/mol. The molecule has 1 unspecified atom stereocenters. The molecule has 0 bridgehead atoms. The zero-order valence-electron chi connectivity index (χ0n) is 10.7. The van der Waals surface area contributed by atoms with Crippen molar-refractivity contribution in [1.82, 2.24) is 5.32 Å². The summed E-state index contributed by atoms with van der Waals surface area (Å²) in [7, 11) is 0. The summed E-state index contributed by atoms with van der Waals surface area (Å²) in [5, 5.41) is 4.66. The van der Waals surface area contributed by atoms with E-state index < -0.39 is 0 Å². The van der Waals surface area contributed by atoms with Gasteiger partial charge in [0.25, 0.3) is 0 Å². The molecule has 98 valence electrons. The molecule has 2 heterocycles. The average Bonchev–Trinajstić information content (AvgIpc) is 2.71. The minimum Gasteiger partial charge on any atom is -0.381 e. The summed E-state index contributed by atoms with van der Waals surface area (Å²) in [5.74, 6) is 1.12. The molecular formula is C12H22N2O2S. The van der Waals surface area contributed by atoms with E-state index in [1.807, 2.05) is 18.7 Å². The van der Waals surface area contributed by atoms with Crippen LogP contribution in [-0.4, -0.2) is 48.9 Å². The maximum atomic E-state index is 5.47. The molecule has 0 aromatic heterocycles. The molecule has 0 aromatic rings. The third-order valence-electron chi connectivity index (χ3n) is 3.25. The highest BCUT2D eigenvalue weighted by Crippen LogP contribution is 2.31. The first-order chi connectivity index (χ1) is 8.24. The van der Waals surface area contributed by atoms with Gasteiger partial charge in [0.2, 0.25) is 0 Å². The van der Waals surface area contributed by atoms with Crippen LogP contribution in [0.4, 0.5) is 0 Å². The molecule has 17 heavy (non-hydrogen) atoms. The number of nitrogens with one attached hydrogen (secondary N) is 1. The lowest BCUT2D eigenvalue weighted by Gasteiger charge is -2.32. The molecule has 1 atom stereocenters. The maximum absolute atomic E-state index is 5.47. The Balaban J connectivity index is 1.82. The quantitative estimate of drug-likeness (QED) is 0.832. The van der Waals surface area contributed by atoms with Crippen LogP contribution in [0.15, 0.2) is 4.99 Å². The third kappa shape index (κ3) is 3.60. The zero-order chi connectivity index (χ0) is 12.1. The van der Waals surface area contributed by atoms with Gasteiger partial charge in [-0.2, -0.15) is 0 Å². The number of aliphatic imine (C=N–C) groups is 1. The molecule has 2 rings (SSSR count). The van der Waals surface area contributed by atoms with Crippen LogP contribution in [0.1, 0.15) is 26.7 Å². The average molecular weight is 258 g/mol. The van der Waals surface area contributed by atoms with Crippen molar-refractivity contribution in [1.29, 1.82) is 0 Å². The van der Waals surface area contributed by atoms with Crippen molar-refractivity contribution < 1.29 is 9.47 Å². The molecule has 2 saturated heterocycles. The molecule has 2 fully saturated rings. The largest absolute Gasteiger partial charge is 0.381 e. The van der Waals surface area contributed by atoms with Crippen LogP contribution in [0.2, 0.25) is 0 Å². The molecule has 2 aliphatic heterocycles. The van der Waals surface area contributed by atoms with Crippen molar-refractivity contribution in [3.8, 4) is 0 Å². The molecule has 0 radical (unpaired) electrons. The van der Waals surface area contributed by atoms with Gasteiger partial charge in [0.05, 0.1) is 18.2 Å². The minimum absolute atomic E-state index is 0.209. The fourth-order valence-electron chi connectivity index (χ4n) is 2.17. The number of thioether (sulfide) groups is 1. The number of amidine groups is 1. The van der Waals surface area contributed by atoms with E-state index in [-0.39, 0.29) is 11.6 Å². The molecule has 1 N–H and O–H groups in total. The molecule has 0 saturated carbocycles. The maximum Gasteiger partial charge on any atom is 0.157 e. The summed E-state index contributed by atoms with van der Waals surface area (Å²) in [4.78, 5) is 4.59. The second-order valence-corrected chi connectivity index (χ2v) is 5.68. The number of rotatable bonds is 4.